The van der Waals surface area contributed by atoms with Crippen LogP contribution in [0.4, 0.5) is 0 Å². The van der Waals surface area contributed by atoms with Gasteiger partial charge in [0.15, 0.2) is 0 Å². The summed E-state index contributed by atoms with van der Waals surface area (Å²) >= 11 is 11.0. The van der Waals surface area contributed by atoms with Crippen molar-refractivity contribution in [3.8, 4) is 0 Å². The van der Waals surface area contributed by atoms with Crippen LogP contribution in [0.3, 0.4) is 0 Å². The molecule has 1 aliphatic rings. The van der Waals surface area contributed by atoms with Crippen LogP contribution in [0.1, 0.15) is 0 Å². The molecular weight excluding hydrogens is 135 g/mol. The normalized spacial score (nSPS) is 26.6. The van der Waals surface area contributed by atoms with Crippen molar-refractivity contribution in [2.75, 3.05) is 19.8 Å². The first-order valence-corrected chi connectivity index (χ1v) is 2.78. The topological polar surface area (TPSA) is 6.48 Å². The standard InChI is InChI=1S/C3H6Cl2N2/c4-6-1-2-7(5)3-6/h1-3H2. The van der Waals surface area contributed by atoms with Crippen molar-refractivity contribution < 1.29 is 0 Å². The zero-order valence-corrected chi connectivity index (χ0v) is 5.28. The lowest BCUT2D eigenvalue weighted by atomic mass is 10.7. The fourth-order valence-corrected chi connectivity index (χ4v) is 0.989. The Hall–Kier alpha value is 0.500. The van der Waals surface area contributed by atoms with Gasteiger partial charge in [0, 0.05) is 13.1 Å². The highest BCUT2D eigenvalue weighted by Crippen LogP contribution is 2.07. The van der Waals surface area contributed by atoms with Crippen LogP contribution < -0.4 is 0 Å². The summed E-state index contributed by atoms with van der Waals surface area (Å²) in [7, 11) is 0. The number of nitrogens with zero attached hydrogens (tertiary/aromatic N) is 2. The molecule has 1 aliphatic heterocycles. The molecule has 7 heavy (non-hydrogen) atoms. The number of rotatable bonds is 0. The lowest BCUT2D eigenvalue weighted by Gasteiger charge is -2.00. The molecular formula is C3H6Cl2N2. The molecule has 1 fully saturated rings. The molecule has 0 bridgehead atoms. The first-order valence-electron chi connectivity index (χ1n) is 2.10. The monoisotopic (exact) mass is 140 g/mol. The molecule has 4 heteroatoms. The van der Waals surface area contributed by atoms with Gasteiger partial charge in [-0.05, 0) is 23.6 Å². The van der Waals surface area contributed by atoms with Crippen molar-refractivity contribution in [2.45, 2.75) is 0 Å². The van der Waals surface area contributed by atoms with E-state index in [2.05, 4.69) is 0 Å². The zero-order chi connectivity index (χ0) is 5.28. The largest absolute Gasteiger partial charge is 0.203 e. The van der Waals surface area contributed by atoms with Crippen LogP contribution in [-0.4, -0.2) is 28.6 Å². The van der Waals surface area contributed by atoms with Crippen molar-refractivity contribution in [1.82, 2.24) is 8.84 Å². The quantitative estimate of drug-likeness (QED) is 0.462. The maximum atomic E-state index is 5.51. The van der Waals surface area contributed by atoms with Crippen LogP contribution in [0.15, 0.2) is 0 Å². The van der Waals surface area contributed by atoms with Gasteiger partial charge in [-0.25, -0.2) is 8.84 Å². The Morgan fingerprint density at radius 3 is 1.57 bits per heavy atom. The molecule has 0 N–H and O–H groups in total. The fraction of sp³-hybridized carbons (Fsp3) is 1.00. The van der Waals surface area contributed by atoms with E-state index in [-0.39, 0.29) is 0 Å². The summed E-state index contributed by atoms with van der Waals surface area (Å²) in [6.45, 7) is 2.40. The third-order valence-corrected chi connectivity index (χ3v) is 1.44. The third-order valence-electron chi connectivity index (χ3n) is 0.892. The van der Waals surface area contributed by atoms with Crippen LogP contribution in [0.2, 0.25) is 0 Å². The molecule has 0 aromatic heterocycles. The maximum absolute atomic E-state index is 5.51. The minimum Gasteiger partial charge on any atom is -0.203 e. The Bertz CT molecular complexity index is 60.0. The molecule has 0 atom stereocenters. The Morgan fingerprint density at radius 1 is 1.00 bits per heavy atom. The average Bonchev–Trinajstić information content (AvgIpc) is 1.87. The summed E-state index contributed by atoms with van der Waals surface area (Å²) in [6, 6.07) is 0. The second-order valence-corrected chi connectivity index (χ2v) is 2.47. The molecule has 0 radical (unpaired) electrons. The van der Waals surface area contributed by atoms with Gasteiger partial charge in [-0.2, -0.15) is 0 Å². The summed E-state index contributed by atoms with van der Waals surface area (Å²) in [4.78, 5) is 0. The van der Waals surface area contributed by atoms with Crippen LogP contribution in [0.25, 0.3) is 0 Å². The minimum atomic E-state index is 0.670. The summed E-state index contributed by atoms with van der Waals surface area (Å²) < 4.78 is 3.29. The lowest BCUT2D eigenvalue weighted by molar-refractivity contribution is 0.472. The van der Waals surface area contributed by atoms with Gasteiger partial charge in [0.05, 0.1) is 6.67 Å². The summed E-state index contributed by atoms with van der Waals surface area (Å²) in [6.07, 6.45) is 0. The van der Waals surface area contributed by atoms with Crippen LogP contribution >= 0.6 is 23.6 Å². The van der Waals surface area contributed by atoms with E-state index in [1.165, 1.54) is 0 Å². The van der Waals surface area contributed by atoms with E-state index in [0.717, 1.165) is 13.1 Å². The molecule has 1 rings (SSSR count). The summed E-state index contributed by atoms with van der Waals surface area (Å²) in [5, 5.41) is 0. The van der Waals surface area contributed by atoms with Crippen LogP contribution in [-0.2, 0) is 0 Å². The van der Waals surface area contributed by atoms with Gasteiger partial charge in [0.2, 0.25) is 0 Å². The summed E-state index contributed by atoms with van der Waals surface area (Å²) in [5.74, 6) is 0. The van der Waals surface area contributed by atoms with E-state index in [1.54, 1.807) is 8.84 Å². The highest BCUT2D eigenvalue weighted by molar-refractivity contribution is 6.16. The number of halogens is 2. The van der Waals surface area contributed by atoms with Crippen molar-refractivity contribution in [1.29, 1.82) is 0 Å². The lowest BCUT2D eigenvalue weighted by Crippen LogP contribution is -2.09. The number of hydrogen-bond donors (Lipinski definition) is 0. The van der Waals surface area contributed by atoms with Gasteiger partial charge in [0.25, 0.3) is 0 Å². The predicted molar refractivity (Wildman–Crippen MR) is 30.0 cm³/mol. The average molecular weight is 141 g/mol. The molecule has 42 valence electrons. The van der Waals surface area contributed by atoms with E-state index >= 15 is 0 Å². The predicted octanol–water partition coefficient (Wildman–Crippen LogP) is 0.869. The first kappa shape index (κ1) is 5.63. The smallest absolute Gasteiger partial charge is 0.0799 e. The Labute approximate surface area is 52.8 Å². The Balaban J connectivity index is 2.26. The van der Waals surface area contributed by atoms with Gasteiger partial charge in [0.1, 0.15) is 0 Å². The van der Waals surface area contributed by atoms with Crippen molar-refractivity contribution in [3.63, 3.8) is 0 Å². The van der Waals surface area contributed by atoms with Gasteiger partial charge in [-0.1, -0.05) is 0 Å². The Kier molecular flexibility index (Phi) is 1.75. The first-order chi connectivity index (χ1) is 3.29. The van der Waals surface area contributed by atoms with E-state index < -0.39 is 0 Å². The highest BCUT2D eigenvalue weighted by Gasteiger charge is 2.14. The molecule has 0 saturated carbocycles. The second kappa shape index (κ2) is 2.18. The Morgan fingerprint density at radius 2 is 1.43 bits per heavy atom. The molecule has 0 aliphatic carbocycles. The van der Waals surface area contributed by atoms with E-state index in [1.807, 2.05) is 0 Å². The van der Waals surface area contributed by atoms with Gasteiger partial charge >= 0.3 is 0 Å². The SMILES string of the molecule is ClN1CCN(Cl)C1. The molecule has 0 unspecified atom stereocenters. The van der Waals surface area contributed by atoms with E-state index in [4.69, 9.17) is 23.6 Å². The molecule has 1 heterocycles. The molecule has 0 aromatic rings. The molecule has 1 saturated heterocycles. The molecule has 2 nitrogen and oxygen atoms in total. The summed E-state index contributed by atoms with van der Waals surface area (Å²) in [5.41, 5.74) is 0. The van der Waals surface area contributed by atoms with Crippen molar-refractivity contribution in [2.24, 2.45) is 0 Å². The molecule has 0 aromatic carbocycles. The van der Waals surface area contributed by atoms with Gasteiger partial charge in [-0.3, -0.25) is 0 Å². The fourth-order valence-electron chi connectivity index (χ4n) is 0.525. The van der Waals surface area contributed by atoms with Crippen molar-refractivity contribution in [3.05, 3.63) is 0 Å². The van der Waals surface area contributed by atoms with Crippen molar-refractivity contribution >= 4 is 23.6 Å². The zero-order valence-electron chi connectivity index (χ0n) is 3.77. The van der Waals surface area contributed by atoms with E-state index in [9.17, 15) is 0 Å². The second-order valence-electron chi connectivity index (χ2n) is 1.51. The molecule has 0 spiro atoms. The third kappa shape index (κ3) is 1.46. The molecule has 0 amide bonds. The van der Waals surface area contributed by atoms with E-state index in [0.29, 0.717) is 6.67 Å². The minimum absolute atomic E-state index is 0.670. The highest BCUT2D eigenvalue weighted by atomic mass is 35.5. The van der Waals surface area contributed by atoms with Gasteiger partial charge in [-0.15, -0.1) is 0 Å². The van der Waals surface area contributed by atoms with Crippen LogP contribution in [0, 0.1) is 0 Å². The maximum Gasteiger partial charge on any atom is 0.0799 e. The van der Waals surface area contributed by atoms with Crippen LogP contribution in [0.5, 0.6) is 0 Å². The van der Waals surface area contributed by atoms with Gasteiger partial charge < -0.3 is 0 Å². The number of hydrogen-bond acceptors (Lipinski definition) is 2.